The van der Waals surface area contributed by atoms with Crippen LogP contribution in [0.25, 0.3) is 10.8 Å². The molecule has 4 rings (SSSR count). The molecule has 2 aromatic rings. The molecule has 0 N–H and O–H groups in total. The zero-order chi connectivity index (χ0) is 16.0. The molecule has 0 aliphatic carbocycles. The van der Waals surface area contributed by atoms with Crippen molar-refractivity contribution in [3.8, 4) is 0 Å². The first-order valence-corrected chi connectivity index (χ1v) is 9.21. The number of halogens is 1. The lowest BCUT2D eigenvalue weighted by Gasteiger charge is -2.36. The molecular weight excluding hydrogens is 317 g/mol. The van der Waals surface area contributed by atoms with Crippen molar-refractivity contribution in [2.45, 2.75) is 23.5 Å². The summed E-state index contributed by atoms with van der Waals surface area (Å²) in [5.74, 6) is 0. The maximum atomic E-state index is 13.6. The second-order valence-electron chi connectivity index (χ2n) is 6.20. The third kappa shape index (κ3) is 2.52. The third-order valence-electron chi connectivity index (χ3n) is 4.79. The number of pyridine rings is 1. The quantitative estimate of drug-likeness (QED) is 0.837. The van der Waals surface area contributed by atoms with Crippen molar-refractivity contribution in [2.75, 3.05) is 26.2 Å². The smallest absolute Gasteiger partial charge is 0.243 e. The maximum Gasteiger partial charge on any atom is 0.243 e. The van der Waals surface area contributed by atoms with Crippen LogP contribution in [0.1, 0.15) is 6.42 Å². The minimum atomic E-state index is -3.59. The Labute approximate surface area is 134 Å². The fourth-order valence-electron chi connectivity index (χ4n) is 3.63. The molecule has 122 valence electrons. The fourth-order valence-corrected chi connectivity index (χ4v) is 5.31. The van der Waals surface area contributed by atoms with Crippen molar-refractivity contribution >= 4 is 20.8 Å². The zero-order valence-electron chi connectivity index (χ0n) is 12.6. The van der Waals surface area contributed by atoms with E-state index in [1.54, 1.807) is 30.6 Å². The standard InChI is InChI=1S/C16H18FN3O2S/c17-13-8-14-11-20(7-6-19(14)10-13)23(21,22)16-3-1-2-12-9-18-5-4-15(12)16/h1-5,9,13-14H,6-8,10-11H2/t13-,14-/m0/s1. The lowest BCUT2D eigenvalue weighted by Crippen LogP contribution is -2.51. The monoisotopic (exact) mass is 335 g/mol. The Hall–Kier alpha value is -1.57. The largest absolute Gasteiger partial charge is 0.295 e. The van der Waals surface area contributed by atoms with Crippen molar-refractivity contribution in [3.05, 3.63) is 36.7 Å². The van der Waals surface area contributed by atoms with Crippen molar-refractivity contribution in [1.29, 1.82) is 0 Å². The van der Waals surface area contributed by atoms with Crippen LogP contribution >= 0.6 is 0 Å². The summed E-state index contributed by atoms with van der Waals surface area (Å²) in [6, 6.07) is 6.94. The van der Waals surface area contributed by atoms with E-state index >= 15 is 0 Å². The second kappa shape index (κ2) is 5.51. The Bertz CT molecular complexity index is 837. The summed E-state index contributed by atoms with van der Waals surface area (Å²) in [6.45, 7) is 1.80. The molecule has 2 saturated heterocycles. The van der Waals surface area contributed by atoms with Crippen molar-refractivity contribution < 1.29 is 12.8 Å². The zero-order valence-corrected chi connectivity index (χ0v) is 13.4. The molecule has 0 saturated carbocycles. The van der Waals surface area contributed by atoms with Gasteiger partial charge in [-0.05, 0) is 18.6 Å². The van der Waals surface area contributed by atoms with Gasteiger partial charge in [0, 0.05) is 55.4 Å². The lowest BCUT2D eigenvalue weighted by molar-refractivity contribution is 0.156. The average molecular weight is 335 g/mol. The highest BCUT2D eigenvalue weighted by Gasteiger charge is 2.40. The highest BCUT2D eigenvalue weighted by atomic mass is 32.2. The molecule has 0 unspecified atom stereocenters. The van der Waals surface area contributed by atoms with Gasteiger partial charge in [0.2, 0.25) is 10.0 Å². The summed E-state index contributed by atoms with van der Waals surface area (Å²) < 4.78 is 41.2. The van der Waals surface area contributed by atoms with Crippen LogP contribution in [0.5, 0.6) is 0 Å². The van der Waals surface area contributed by atoms with Crippen LogP contribution in [-0.4, -0.2) is 61.0 Å². The predicted molar refractivity (Wildman–Crippen MR) is 85.4 cm³/mol. The van der Waals surface area contributed by atoms with E-state index in [1.807, 2.05) is 6.07 Å². The van der Waals surface area contributed by atoms with Crippen LogP contribution in [0, 0.1) is 0 Å². The van der Waals surface area contributed by atoms with Crippen LogP contribution in [0.15, 0.2) is 41.6 Å². The molecule has 2 aliphatic heterocycles. The van der Waals surface area contributed by atoms with Gasteiger partial charge in [-0.3, -0.25) is 9.88 Å². The van der Waals surface area contributed by atoms with E-state index in [9.17, 15) is 12.8 Å². The SMILES string of the molecule is O=S(=O)(c1cccc2cnccc12)N1CCN2C[C@@H](F)C[C@H]2C1. The van der Waals surface area contributed by atoms with Crippen LogP contribution < -0.4 is 0 Å². The Kier molecular flexibility index (Phi) is 3.59. The molecule has 2 aliphatic rings. The van der Waals surface area contributed by atoms with E-state index in [1.165, 1.54) is 4.31 Å². The number of hydrogen-bond acceptors (Lipinski definition) is 4. The highest BCUT2D eigenvalue weighted by molar-refractivity contribution is 7.89. The molecule has 7 heteroatoms. The van der Waals surface area contributed by atoms with Crippen molar-refractivity contribution in [1.82, 2.24) is 14.2 Å². The number of piperazine rings is 1. The molecule has 2 atom stereocenters. The topological polar surface area (TPSA) is 53.5 Å². The summed E-state index contributed by atoms with van der Waals surface area (Å²) >= 11 is 0. The highest BCUT2D eigenvalue weighted by Crippen LogP contribution is 2.30. The normalized spacial score (nSPS) is 26.5. The summed E-state index contributed by atoms with van der Waals surface area (Å²) in [7, 11) is -3.59. The van der Waals surface area contributed by atoms with Crippen LogP contribution in [0.3, 0.4) is 0 Å². The molecule has 1 aromatic heterocycles. The van der Waals surface area contributed by atoms with Gasteiger partial charge in [0.25, 0.3) is 0 Å². The third-order valence-corrected chi connectivity index (χ3v) is 6.71. The fraction of sp³-hybridized carbons (Fsp3) is 0.438. The van der Waals surface area contributed by atoms with Gasteiger partial charge in [0.1, 0.15) is 6.17 Å². The van der Waals surface area contributed by atoms with E-state index in [-0.39, 0.29) is 6.04 Å². The number of aromatic nitrogens is 1. The van der Waals surface area contributed by atoms with E-state index in [4.69, 9.17) is 0 Å². The molecule has 0 spiro atoms. The van der Waals surface area contributed by atoms with Gasteiger partial charge in [-0.1, -0.05) is 12.1 Å². The summed E-state index contributed by atoms with van der Waals surface area (Å²) in [5, 5.41) is 1.48. The number of fused-ring (bicyclic) bond motifs is 2. The molecule has 0 amide bonds. The maximum absolute atomic E-state index is 13.6. The Morgan fingerprint density at radius 1 is 1.17 bits per heavy atom. The van der Waals surface area contributed by atoms with Crippen LogP contribution in [0.2, 0.25) is 0 Å². The first kappa shape index (κ1) is 15.0. The van der Waals surface area contributed by atoms with E-state index in [0.29, 0.717) is 42.9 Å². The molecule has 1 aromatic carbocycles. The molecule has 5 nitrogen and oxygen atoms in total. The van der Waals surface area contributed by atoms with Crippen LogP contribution in [-0.2, 0) is 10.0 Å². The van der Waals surface area contributed by atoms with E-state index in [2.05, 4.69) is 9.88 Å². The van der Waals surface area contributed by atoms with Gasteiger partial charge in [-0.15, -0.1) is 0 Å². The molecule has 0 radical (unpaired) electrons. The van der Waals surface area contributed by atoms with E-state index < -0.39 is 16.2 Å². The van der Waals surface area contributed by atoms with Gasteiger partial charge in [-0.25, -0.2) is 12.8 Å². The summed E-state index contributed by atoms with van der Waals surface area (Å²) in [6.07, 6.45) is 2.85. The van der Waals surface area contributed by atoms with Gasteiger partial charge in [0.05, 0.1) is 4.90 Å². The number of hydrogen-bond donors (Lipinski definition) is 0. The number of benzene rings is 1. The van der Waals surface area contributed by atoms with Crippen molar-refractivity contribution in [3.63, 3.8) is 0 Å². The Morgan fingerprint density at radius 3 is 2.91 bits per heavy atom. The predicted octanol–water partition coefficient (Wildman–Crippen LogP) is 1.65. The molecule has 0 bridgehead atoms. The van der Waals surface area contributed by atoms with Gasteiger partial charge in [0.15, 0.2) is 0 Å². The van der Waals surface area contributed by atoms with Crippen molar-refractivity contribution in [2.24, 2.45) is 0 Å². The van der Waals surface area contributed by atoms with Gasteiger partial charge in [-0.2, -0.15) is 4.31 Å². The molecule has 2 fully saturated rings. The number of rotatable bonds is 2. The first-order valence-electron chi connectivity index (χ1n) is 7.77. The average Bonchev–Trinajstić information content (AvgIpc) is 2.93. The molecule has 3 heterocycles. The number of nitrogens with zero attached hydrogens (tertiary/aromatic N) is 3. The minimum Gasteiger partial charge on any atom is -0.295 e. The lowest BCUT2D eigenvalue weighted by atomic mass is 10.2. The molecular formula is C16H18FN3O2S. The summed E-state index contributed by atoms with van der Waals surface area (Å²) in [4.78, 5) is 6.41. The Balaban J connectivity index is 1.70. The first-order chi connectivity index (χ1) is 11.1. The minimum absolute atomic E-state index is 0.00910. The van der Waals surface area contributed by atoms with E-state index in [0.717, 1.165) is 5.39 Å². The van der Waals surface area contributed by atoms with Crippen LogP contribution in [0.4, 0.5) is 4.39 Å². The number of alkyl halides is 1. The second-order valence-corrected chi connectivity index (χ2v) is 8.10. The summed E-state index contributed by atoms with van der Waals surface area (Å²) in [5.41, 5.74) is 0. The van der Waals surface area contributed by atoms with Gasteiger partial charge < -0.3 is 0 Å². The Morgan fingerprint density at radius 2 is 2.04 bits per heavy atom. The number of sulfonamides is 1. The van der Waals surface area contributed by atoms with Gasteiger partial charge >= 0.3 is 0 Å². The molecule has 23 heavy (non-hydrogen) atoms.